The molecule has 0 radical (unpaired) electrons. The third-order valence-corrected chi connectivity index (χ3v) is 5.71. The summed E-state index contributed by atoms with van der Waals surface area (Å²) in [6, 6.07) is 16.0. The molecule has 3 aromatic rings. The third kappa shape index (κ3) is 7.30. The van der Waals surface area contributed by atoms with Crippen LogP contribution in [0.1, 0.15) is 28.5 Å². The number of oxazole rings is 1. The maximum absolute atomic E-state index is 6.22. The fraction of sp³-hybridized carbons (Fsp3) is 0.423. The van der Waals surface area contributed by atoms with Gasteiger partial charge in [0, 0.05) is 32.5 Å². The molecule has 3 N–H and O–H groups in total. The van der Waals surface area contributed by atoms with Crippen molar-refractivity contribution in [3.05, 3.63) is 77.0 Å². The van der Waals surface area contributed by atoms with Gasteiger partial charge in [0.25, 0.3) is 0 Å². The van der Waals surface area contributed by atoms with Crippen LogP contribution in [-0.4, -0.2) is 63.6 Å². The Hall–Kier alpha value is -2.91. The fourth-order valence-electron chi connectivity index (χ4n) is 3.88. The summed E-state index contributed by atoms with van der Waals surface area (Å²) >= 11 is 0. The van der Waals surface area contributed by atoms with Gasteiger partial charge in [0.2, 0.25) is 0 Å². The molecule has 0 spiro atoms. The Bertz CT molecular complexity index is 1020. The number of methoxy groups -OCH3 is 2. The van der Waals surface area contributed by atoms with Gasteiger partial charge in [-0.15, -0.1) is 0 Å². The first-order valence-electron chi connectivity index (χ1n) is 11.3. The van der Waals surface area contributed by atoms with E-state index in [-0.39, 0.29) is 6.15 Å². The minimum Gasteiger partial charge on any atom is -0.497 e. The van der Waals surface area contributed by atoms with Gasteiger partial charge in [0.15, 0.2) is 5.89 Å². The highest BCUT2D eigenvalue weighted by molar-refractivity contribution is 5.33. The van der Waals surface area contributed by atoms with Crippen LogP contribution in [0.15, 0.2) is 52.9 Å². The highest BCUT2D eigenvalue weighted by Crippen LogP contribution is 2.22. The zero-order valence-electron chi connectivity index (χ0n) is 20.1. The van der Waals surface area contributed by atoms with E-state index in [2.05, 4.69) is 11.0 Å². The van der Waals surface area contributed by atoms with Gasteiger partial charge < -0.3 is 29.5 Å². The number of hydrogen-bond donors (Lipinski definition) is 1. The van der Waals surface area contributed by atoms with Crippen LogP contribution in [0.4, 0.5) is 0 Å². The second kappa shape index (κ2) is 13.1. The molecular formula is C26H35N3O5. The summed E-state index contributed by atoms with van der Waals surface area (Å²) in [4.78, 5) is 7.15. The van der Waals surface area contributed by atoms with Gasteiger partial charge >= 0.3 is 0 Å². The second-order valence-electron chi connectivity index (χ2n) is 8.04. The first-order valence-corrected chi connectivity index (χ1v) is 11.3. The van der Waals surface area contributed by atoms with Gasteiger partial charge in [-0.3, -0.25) is 4.90 Å². The number of morpholine rings is 1. The summed E-state index contributed by atoms with van der Waals surface area (Å²) in [6.07, 6.45) is 1.22. The van der Waals surface area contributed by atoms with Crippen LogP contribution in [0.3, 0.4) is 0 Å². The van der Waals surface area contributed by atoms with Crippen molar-refractivity contribution in [2.45, 2.75) is 19.4 Å². The Morgan fingerprint density at radius 2 is 1.56 bits per heavy atom. The fourth-order valence-corrected chi connectivity index (χ4v) is 3.88. The third-order valence-electron chi connectivity index (χ3n) is 5.71. The Kier molecular flexibility index (Phi) is 9.90. The summed E-state index contributed by atoms with van der Waals surface area (Å²) in [5.74, 6) is 3.15. The Labute approximate surface area is 201 Å². The lowest BCUT2D eigenvalue weighted by molar-refractivity contribution is 0.0176. The van der Waals surface area contributed by atoms with Gasteiger partial charge in [-0.05, 0) is 35.4 Å². The van der Waals surface area contributed by atoms with Crippen LogP contribution >= 0.6 is 0 Å². The van der Waals surface area contributed by atoms with E-state index in [1.807, 2.05) is 42.5 Å². The van der Waals surface area contributed by atoms with Gasteiger partial charge in [-0.25, -0.2) is 4.98 Å². The summed E-state index contributed by atoms with van der Waals surface area (Å²) in [5.41, 5.74) is 3.04. The first-order chi connectivity index (χ1) is 16.2. The first kappa shape index (κ1) is 25.7. The molecule has 4 rings (SSSR count). The zero-order chi connectivity index (χ0) is 22.9. The Morgan fingerprint density at radius 1 is 0.912 bits per heavy atom. The van der Waals surface area contributed by atoms with Crippen molar-refractivity contribution < 1.29 is 23.4 Å². The van der Waals surface area contributed by atoms with Crippen LogP contribution in [0.5, 0.6) is 11.5 Å². The molecule has 2 aromatic carbocycles. The van der Waals surface area contributed by atoms with Crippen LogP contribution in [-0.2, 0) is 28.9 Å². The summed E-state index contributed by atoms with van der Waals surface area (Å²) in [5, 5.41) is 0. The average molecular weight is 470 g/mol. The maximum Gasteiger partial charge on any atom is 0.199 e. The van der Waals surface area contributed by atoms with Crippen molar-refractivity contribution in [2.24, 2.45) is 0 Å². The SMILES string of the molecule is COc1cccc(Cc2nc(COCCN3CCOCC3)c(Cc3cccc(OC)c3)o2)c1.N. The largest absolute Gasteiger partial charge is 0.497 e. The molecular weight excluding hydrogens is 434 g/mol. The van der Waals surface area contributed by atoms with E-state index >= 15 is 0 Å². The number of rotatable bonds is 11. The molecule has 184 valence electrons. The van der Waals surface area contributed by atoms with E-state index in [1.165, 1.54) is 0 Å². The van der Waals surface area contributed by atoms with Crippen molar-refractivity contribution in [3.8, 4) is 11.5 Å². The van der Waals surface area contributed by atoms with Gasteiger partial charge in [-0.2, -0.15) is 0 Å². The van der Waals surface area contributed by atoms with E-state index in [4.69, 9.17) is 28.3 Å². The highest BCUT2D eigenvalue weighted by Gasteiger charge is 2.16. The minimum absolute atomic E-state index is 0. The maximum atomic E-state index is 6.22. The molecule has 0 saturated carbocycles. The predicted octanol–water partition coefficient (Wildman–Crippen LogP) is 3.88. The molecule has 34 heavy (non-hydrogen) atoms. The van der Waals surface area contributed by atoms with Crippen molar-refractivity contribution >= 4 is 0 Å². The molecule has 0 bridgehead atoms. The molecule has 0 atom stereocenters. The standard InChI is InChI=1S/C26H32N2O5.H3N/c1-29-22-7-3-5-20(15-22)17-25-24(19-32-14-11-28-9-12-31-13-10-28)27-26(33-25)18-21-6-4-8-23(16-21)30-2;/h3-8,15-16H,9-14,17-19H2,1-2H3;1H3. The molecule has 8 heteroatoms. The molecule has 0 aliphatic carbocycles. The van der Waals surface area contributed by atoms with E-state index in [0.29, 0.717) is 31.9 Å². The number of ether oxygens (including phenoxy) is 4. The van der Waals surface area contributed by atoms with Crippen molar-refractivity contribution in [3.63, 3.8) is 0 Å². The molecule has 2 heterocycles. The highest BCUT2D eigenvalue weighted by atomic mass is 16.5. The smallest absolute Gasteiger partial charge is 0.199 e. The summed E-state index contributed by atoms with van der Waals surface area (Å²) in [7, 11) is 3.34. The second-order valence-corrected chi connectivity index (χ2v) is 8.04. The van der Waals surface area contributed by atoms with E-state index in [9.17, 15) is 0 Å². The molecule has 8 nitrogen and oxygen atoms in total. The molecule has 1 fully saturated rings. The van der Waals surface area contributed by atoms with Gasteiger partial charge in [-0.1, -0.05) is 24.3 Å². The molecule has 0 unspecified atom stereocenters. The van der Waals surface area contributed by atoms with Crippen molar-refractivity contribution in [1.29, 1.82) is 0 Å². The Morgan fingerprint density at radius 3 is 2.21 bits per heavy atom. The zero-order valence-corrected chi connectivity index (χ0v) is 20.1. The lowest BCUT2D eigenvalue weighted by Gasteiger charge is -2.26. The van der Waals surface area contributed by atoms with E-state index < -0.39 is 0 Å². The van der Waals surface area contributed by atoms with Crippen molar-refractivity contribution in [1.82, 2.24) is 16.0 Å². The minimum atomic E-state index is 0. The van der Waals surface area contributed by atoms with E-state index in [1.54, 1.807) is 14.2 Å². The summed E-state index contributed by atoms with van der Waals surface area (Å²) in [6.45, 7) is 5.46. The molecule has 1 aliphatic rings. The van der Waals surface area contributed by atoms with Crippen LogP contribution < -0.4 is 15.6 Å². The lowest BCUT2D eigenvalue weighted by atomic mass is 10.1. The topological polar surface area (TPSA) is 101 Å². The molecule has 1 saturated heterocycles. The van der Waals surface area contributed by atoms with E-state index in [0.717, 1.165) is 66.9 Å². The summed E-state index contributed by atoms with van der Waals surface area (Å²) < 4.78 is 28.3. The van der Waals surface area contributed by atoms with Crippen LogP contribution in [0.25, 0.3) is 0 Å². The monoisotopic (exact) mass is 469 g/mol. The molecule has 1 aliphatic heterocycles. The van der Waals surface area contributed by atoms with Gasteiger partial charge in [0.1, 0.15) is 23.0 Å². The Balaban J connectivity index is 0.00000324. The average Bonchev–Trinajstić information content (AvgIpc) is 3.23. The molecule has 0 amide bonds. The normalized spacial score (nSPS) is 13.9. The molecule has 1 aromatic heterocycles. The number of aromatic nitrogens is 1. The number of nitrogens with zero attached hydrogens (tertiary/aromatic N) is 2. The van der Waals surface area contributed by atoms with Crippen molar-refractivity contribution in [2.75, 3.05) is 53.7 Å². The predicted molar refractivity (Wildman–Crippen MR) is 130 cm³/mol. The van der Waals surface area contributed by atoms with Gasteiger partial charge in [0.05, 0.1) is 40.6 Å². The lowest BCUT2D eigenvalue weighted by Crippen LogP contribution is -2.38. The van der Waals surface area contributed by atoms with Crippen LogP contribution in [0.2, 0.25) is 0 Å². The number of hydrogen-bond acceptors (Lipinski definition) is 8. The van der Waals surface area contributed by atoms with Crippen LogP contribution in [0, 0.1) is 0 Å². The number of benzene rings is 2. The quantitative estimate of drug-likeness (QED) is 0.422.